The Balaban J connectivity index is 1.66. The summed E-state index contributed by atoms with van der Waals surface area (Å²) in [4.78, 5) is 12.3. The third kappa shape index (κ3) is 4.98. The number of anilines is 1. The first-order valence-corrected chi connectivity index (χ1v) is 10.2. The third-order valence-electron chi connectivity index (χ3n) is 4.17. The number of nitrogens with zero attached hydrogens (tertiary/aromatic N) is 3. The van der Waals surface area contributed by atoms with Crippen molar-refractivity contribution in [3.63, 3.8) is 0 Å². The highest BCUT2D eigenvalue weighted by molar-refractivity contribution is 7.99. The number of benzene rings is 2. The van der Waals surface area contributed by atoms with Crippen LogP contribution in [-0.2, 0) is 17.8 Å². The van der Waals surface area contributed by atoms with E-state index in [1.807, 2.05) is 54.6 Å². The third-order valence-corrected chi connectivity index (χ3v) is 5.14. The number of thioether (sulfide) groups is 1. The van der Waals surface area contributed by atoms with E-state index in [2.05, 4.69) is 33.9 Å². The van der Waals surface area contributed by atoms with Crippen molar-refractivity contribution in [2.45, 2.75) is 38.4 Å². The van der Waals surface area contributed by atoms with Gasteiger partial charge in [0.05, 0.1) is 5.75 Å². The Morgan fingerprint density at radius 3 is 2.44 bits per heavy atom. The quantitative estimate of drug-likeness (QED) is 0.578. The second-order valence-corrected chi connectivity index (χ2v) is 7.15. The Kier molecular flexibility index (Phi) is 6.65. The largest absolute Gasteiger partial charge is 0.325 e. The molecule has 0 aliphatic carbocycles. The lowest BCUT2D eigenvalue weighted by Crippen LogP contribution is -2.14. The Hall–Kier alpha value is -2.60. The van der Waals surface area contributed by atoms with Gasteiger partial charge in [-0.3, -0.25) is 4.79 Å². The minimum atomic E-state index is -0.0449. The lowest BCUT2D eigenvalue weighted by atomic mass is 10.1. The van der Waals surface area contributed by atoms with E-state index in [9.17, 15) is 4.79 Å². The summed E-state index contributed by atoms with van der Waals surface area (Å²) in [7, 11) is 0. The Bertz CT molecular complexity index is 875. The van der Waals surface area contributed by atoms with E-state index >= 15 is 0 Å². The van der Waals surface area contributed by atoms with Crippen molar-refractivity contribution in [3.05, 3.63) is 60.2 Å². The molecule has 0 unspecified atom stereocenters. The minimum absolute atomic E-state index is 0.0449. The number of carbonyl (C=O) groups is 1. The van der Waals surface area contributed by atoms with E-state index in [1.54, 1.807) is 0 Å². The molecule has 140 valence electrons. The second-order valence-electron chi connectivity index (χ2n) is 6.21. The molecular weight excluding hydrogens is 356 g/mol. The summed E-state index contributed by atoms with van der Waals surface area (Å²) in [5, 5.41) is 12.4. The lowest BCUT2D eigenvalue weighted by molar-refractivity contribution is -0.113. The molecule has 5 nitrogen and oxygen atoms in total. The summed E-state index contributed by atoms with van der Waals surface area (Å²) in [6, 6.07) is 18.0. The maximum atomic E-state index is 12.3. The van der Waals surface area contributed by atoms with Crippen LogP contribution in [-0.4, -0.2) is 26.4 Å². The van der Waals surface area contributed by atoms with E-state index in [1.165, 1.54) is 17.3 Å². The number of aryl methyl sites for hydroxylation is 1. The van der Waals surface area contributed by atoms with Crippen LogP contribution in [0.15, 0.2) is 59.8 Å². The predicted octanol–water partition coefficient (Wildman–Crippen LogP) is 4.65. The van der Waals surface area contributed by atoms with Gasteiger partial charge >= 0.3 is 0 Å². The molecule has 0 aliphatic rings. The van der Waals surface area contributed by atoms with E-state index < -0.39 is 0 Å². The zero-order valence-corrected chi connectivity index (χ0v) is 16.5. The average Bonchev–Trinajstić information content (AvgIpc) is 3.10. The highest BCUT2D eigenvalue weighted by atomic mass is 32.2. The number of aromatic nitrogens is 3. The maximum absolute atomic E-state index is 12.3. The van der Waals surface area contributed by atoms with Crippen LogP contribution in [0.25, 0.3) is 11.4 Å². The molecule has 3 aromatic rings. The van der Waals surface area contributed by atoms with Crippen molar-refractivity contribution in [2.24, 2.45) is 0 Å². The highest BCUT2D eigenvalue weighted by Crippen LogP contribution is 2.24. The molecule has 0 bridgehead atoms. The van der Waals surface area contributed by atoms with Gasteiger partial charge in [0, 0.05) is 17.8 Å². The minimum Gasteiger partial charge on any atom is -0.325 e. The molecule has 1 heterocycles. The van der Waals surface area contributed by atoms with Gasteiger partial charge in [0.2, 0.25) is 5.91 Å². The van der Waals surface area contributed by atoms with E-state index in [0.717, 1.165) is 41.6 Å². The molecule has 0 fully saturated rings. The number of hydrogen-bond acceptors (Lipinski definition) is 4. The molecule has 6 heteroatoms. The fraction of sp³-hybridized carbons (Fsp3) is 0.286. The van der Waals surface area contributed by atoms with E-state index in [0.29, 0.717) is 5.75 Å². The number of amides is 1. The molecule has 0 radical (unpaired) electrons. The lowest BCUT2D eigenvalue weighted by Gasteiger charge is -2.09. The first kappa shape index (κ1) is 19.2. The van der Waals surface area contributed by atoms with Gasteiger partial charge in [0.25, 0.3) is 0 Å². The Morgan fingerprint density at radius 1 is 1.04 bits per heavy atom. The van der Waals surface area contributed by atoms with Crippen LogP contribution >= 0.6 is 11.8 Å². The summed E-state index contributed by atoms with van der Waals surface area (Å²) in [6.07, 6.45) is 1.96. The molecule has 1 N–H and O–H groups in total. The Morgan fingerprint density at radius 2 is 1.78 bits per heavy atom. The topological polar surface area (TPSA) is 59.8 Å². The monoisotopic (exact) mass is 380 g/mol. The molecule has 0 atom stereocenters. The number of hydrogen-bond donors (Lipinski definition) is 1. The molecule has 0 saturated heterocycles. The van der Waals surface area contributed by atoms with E-state index in [-0.39, 0.29) is 5.91 Å². The fourth-order valence-electron chi connectivity index (χ4n) is 2.77. The van der Waals surface area contributed by atoms with Crippen molar-refractivity contribution < 1.29 is 4.79 Å². The van der Waals surface area contributed by atoms with Gasteiger partial charge in [-0.2, -0.15) is 0 Å². The van der Waals surface area contributed by atoms with Crippen LogP contribution in [0.2, 0.25) is 0 Å². The van der Waals surface area contributed by atoms with Crippen LogP contribution in [0, 0.1) is 0 Å². The van der Waals surface area contributed by atoms with E-state index in [4.69, 9.17) is 0 Å². The van der Waals surface area contributed by atoms with Crippen molar-refractivity contribution in [1.29, 1.82) is 0 Å². The molecule has 0 saturated carbocycles. The summed E-state index contributed by atoms with van der Waals surface area (Å²) >= 11 is 1.41. The normalized spacial score (nSPS) is 10.7. The first-order chi connectivity index (χ1) is 13.2. The van der Waals surface area contributed by atoms with Crippen molar-refractivity contribution in [3.8, 4) is 11.4 Å². The molecule has 0 aliphatic heterocycles. The van der Waals surface area contributed by atoms with Gasteiger partial charge in [0.15, 0.2) is 11.0 Å². The molecule has 27 heavy (non-hydrogen) atoms. The summed E-state index contributed by atoms with van der Waals surface area (Å²) in [5.74, 6) is 1.10. The van der Waals surface area contributed by atoms with Gasteiger partial charge < -0.3 is 9.88 Å². The number of nitrogens with one attached hydrogen (secondary N) is 1. The first-order valence-electron chi connectivity index (χ1n) is 9.21. The Labute approximate surface area is 164 Å². The van der Waals surface area contributed by atoms with Crippen LogP contribution < -0.4 is 5.32 Å². The van der Waals surface area contributed by atoms with Crippen molar-refractivity contribution in [2.75, 3.05) is 11.1 Å². The summed E-state index contributed by atoms with van der Waals surface area (Å²) < 4.78 is 2.09. The fourth-order valence-corrected chi connectivity index (χ4v) is 3.54. The van der Waals surface area contributed by atoms with Crippen LogP contribution in [0.1, 0.15) is 25.8 Å². The second kappa shape index (κ2) is 9.37. The molecule has 0 spiro atoms. The van der Waals surface area contributed by atoms with Crippen molar-refractivity contribution >= 4 is 23.4 Å². The van der Waals surface area contributed by atoms with Crippen LogP contribution in [0.3, 0.4) is 0 Å². The van der Waals surface area contributed by atoms with Crippen LogP contribution in [0.5, 0.6) is 0 Å². The molecular formula is C21H24N4OS. The molecule has 2 aromatic carbocycles. The highest BCUT2D eigenvalue weighted by Gasteiger charge is 2.15. The van der Waals surface area contributed by atoms with Crippen LogP contribution in [0.4, 0.5) is 5.69 Å². The standard InChI is InChI=1S/C21H24N4OS/c1-3-14-25-20(17-8-6-5-7-9-17)23-24-21(25)27-15-19(26)22-18-12-10-16(4-2)11-13-18/h5-13H,3-4,14-15H2,1-2H3,(H,22,26). The van der Waals surface area contributed by atoms with Gasteiger partial charge in [0.1, 0.15) is 0 Å². The molecule has 3 rings (SSSR count). The van der Waals surface area contributed by atoms with Gasteiger partial charge in [-0.15, -0.1) is 10.2 Å². The van der Waals surface area contributed by atoms with Gasteiger partial charge in [-0.05, 0) is 30.5 Å². The average molecular weight is 381 g/mol. The molecule has 1 aromatic heterocycles. The maximum Gasteiger partial charge on any atom is 0.234 e. The SMILES string of the molecule is CCCn1c(SCC(=O)Nc2ccc(CC)cc2)nnc1-c1ccccc1. The number of rotatable bonds is 8. The zero-order chi connectivity index (χ0) is 19.1. The predicted molar refractivity (Wildman–Crippen MR) is 111 cm³/mol. The molecule has 1 amide bonds. The zero-order valence-electron chi connectivity index (χ0n) is 15.7. The van der Waals surface area contributed by atoms with Gasteiger partial charge in [-0.1, -0.05) is 68.1 Å². The van der Waals surface area contributed by atoms with Gasteiger partial charge in [-0.25, -0.2) is 0 Å². The number of carbonyl (C=O) groups excluding carboxylic acids is 1. The van der Waals surface area contributed by atoms with Crippen molar-refractivity contribution in [1.82, 2.24) is 14.8 Å². The smallest absolute Gasteiger partial charge is 0.234 e. The summed E-state index contributed by atoms with van der Waals surface area (Å²) in [6.45, 7) is 5.05. The summed E-state index contributed by atoms with van der Waals surface area (Å²) in [5.41, 5.74) is 3.10.